The third-order valence-electron chi connectivity index (χ3n) is 6.07. The Hall–Kier alpha value is -3.32. The van der Waals surface area contributed by atoms with Gasteiger partial charge in [0.2, 0.25) is 0 Å². The summed E-state index contributed by atoms with van der Waals surface area (Å²) in [5, 5.41) is 3.41. The number of hydrogen-bond donors (Lipinski definition) is 1. The number of likely N-dealkylation sites (tertiary alicyclic amines) is 1. The Morgan fingerprint density at radius 1 is 1.03 bits per heavy atom. The lowest BCUT2D eigenvalue weighted by atomic mass is 9.96. The van der Waals surface area contributed by atoms with Gasteiger partial charge in [0.25, 0.3) is 5.91 Å². The van der Waals surface area contributed by atoms with Crippen LogP contribution in [0.2, 0.25) is 0 Å². The van der Waals surface area contributed by atoms with Gasteiger partial charge in [0.15, 0.2) is 0 Å². The van der Waals surface area contributed by atoms with Crippen LogP contribution < -0.4 is 5.32 Å². The van der Waals surface area contributed by atoms with E-state index >= 15 is 0 Å². The summed E-state index contributed by atoms with van der Waals surface area (Å²) in [4.78, 5) is 28.8. The number of pyridine rings is 1. The smallest absolute Gasteiger partial charge is 0.251 e. The first-order valence-electron chi connectivity index (χ1n) is 11.3. The van der Waals surface area contributed by atoms with Gasteiger partial charge in [-0.3, -0.25) is 9.78 Å². The molecule has 1 N–H and O–H groups in total. The number of carbonyl (C=O) groups is 1. The highest BCUT2D eigenvalue weighted by molar-refractivity contribution is 5.81. The van der Waals surface area contributed by atoms with Gasteiger partial charge in [0.05, 0.1) is 5.69 Å². The average Bonchev–Trinajstić information content (AvgIpc) is 3.40. The molecule has 2 aliphatic heterocycles. The Labute approximate surface area is 187 Å². The van der Waals surface area contributed by atoms with Crippen molar-refractivity contribution < 1.29 is 9.53 Å². The Morgan fingerprint density at radius 2 is 1.88 bits per heavy atom. The second-order valence-corrected chi connectivity index (χ2v) is 8.35. The minimum Gasteiger partial charge on any atom is -0.368 e. The Bertz CT molecular complexity index is 1050. The van der Waals surface area contributed by atoms with Crippen molar-refractivity contribution in [2.24, 2.45) is 0 Å². The van der Waals surface area contributed by atoms with E-state index in [1.807, 2.05) is 53.4 Å². The number of amides is 1. The quantitative estimate of drug-likeness (QED) is 0.656. The third-order valence-corrected chi connectivity index (χ3v) is 6.07. The van der Waals surface area contributed by atoms with Crippen LogP contribution in [0.5, 0.6) is 0 Å². The molecule has 0 saturated carbocycles. The van der Waals surface area contributed by atoms with Gasteiger partial charge in [-0.1, -0.05) is 18.2 Å². The molecule has 0 unspecified atom stereocenters. The van der Waals surface area contributed by atoms with Gasteiger partial charge >= 0.3 is 0 Å². The van der Waals surface area contributed by atoms with Crippen LogP contribution in [-0.2, 0) is 9.53 Å². The summed E-state index contributed by atoms with van der Waals surface area (Å²) in [5.74, 6) is 1.71. The van der Waals surface area contributed by atoms with Crippen LogP contribution in [-0.4, -0.2) is 51.6 Å². The maximum absolute atomic E-state index is 12.9. The van der Waals surface area contributed by atoms with Gasteiger partial charge in [-0.15, -0.1) is 0 Å². The SMILES string of the molecule is O=C([C@@H]1CCCO1)N1CCC[C@@H](c2nc(Nc3ccccc3)cc(-c3ccncc3)n2)C1. The first-order valence-corrected chi connectivity index (χ1v) is 11.3. The number of nitrogens with one attached hydrogen (secondary N) is 1. The van der Waals surface area contributed by atoms with Crippen molar-refractivity contribution in [1.29, 1.82) is 0 Å². The molecular weight excluding hydrogens is 402 g/mol. The van der Waals surface area contributed by atoms with Crippen LogP contribution in [0, 0.1) is 0 Å². The predicted molar refractivity (Wildman–Crippen MR) is 123 cm³/mol. The number of aromatic nitrogens is 3. The third kappa shape index (κ3) is 4.62. The Morgan fingerprint density at radius 3 is 2.66 bits per heavy atom. The van der Waals surface area contributed by atoms with Crippen LogP contribution in [0.3, 0.4) is 0 Å². The molecule has 2 atom stereocenters. The van der Waals surface area contributed by atoms with Crippen molar-refractivity contribution in [3.05, 3.63) is 66.7 Å². The monoisotopic (exact) mass is 429 g/mol. The number of para-hydroxylation sites is 1. The van der Waals surface area contributed by atoms with Gasteiger partial charge in [0, 0.05) is 55.3 Å². The number of carbonyl (C=O) groups excluding carboxylic acids is 1. The van der Waals surface area contributed by atoms with Crippen LogP contribution in [0.4, 0.5) is 11.5 Å². The van der Waals surface area contributed by atoms with E-state index < -0.39 is 0 Å². The van der Waals surface area contributed by atoms with Crippen molar-refractivity contribution in [3.8, 4) is 11.3 Å². The Balaban J connectivity index is 1.44. The molecule has 7 heteroatoms. The highest BCUT2D eigenvalue weighted by Crippen LogP contribution is 2.30. The van der Waals surface area contributed by atoms with Crippen LogP contribution >= 0.6 is 0 Å². The second-order valence-electron chi connectivity index (χ2n) is 8.35. The molecular formula is C25H27N5O2. The van der Waals surface area contributed by atoms with Crippen LogP contribution in [0.25, 0.3) is 11.3 Å². The van der Waals surface area contributed by atoms with Gasteiger partial charge in [0.1, 0.15) is 17.7 Å². The molecule has 2 fully saturated rings. The van der Waals surface area contributed by atoms with E-state index in [-0.39, 0.29) is 17.9 Å². The molecule has 2 aromatic heterocycles. The normalized spacial score (nSPS) is 20.8. The molecule has 1 aromatic carbocycles. The molecule has 32 heavy (non-hydrogen) atoms. The number of rotatable bonds is 5. The molecule has 4 heterocycles. The largest absolute Gasteiger partial charge is 0.368 e. The zero-order chi connectivity index (χ0) is 21.8. The topological polar surface area (TPSA) is 80.2 Å². The number of ether oxygens (including phenoxy) is 1. The Kier molecular flexibility index (Phi) is 6.07. The average molecular weight is 430 g/mol. The summed E-state index contributed by atoms with van der Waals surface area (Å²) in [5.41, 5.74) is 2.80. The molecule has 164 valence electrons. The van der Waals surface area contributed by atoms with Gasteiger partial charge < -0.3 is 15.0 Å². The standard InChI is InChI=1S/C25H27N5O2/c31-25(22-9-5-15-32-22)30-14-4-6-19(17-30)24-28-21(18-10-12-26-13-11-18)16-23(29-24)27-20-7-2-1-3-8-20/h1-3,7-8,10-13,16,19,22H,4-6,9,14-15,17H2,(H,27,28,29)/t19-,22+/m1/s1. The van der Waals surface area contributed by atoms with Crippen LogP contribution in [0.1, 0.15) is 37.4 Å². The van der Waals surface area contributed by atoms with Crippen molar-refractivity contribution in [2.75, 3.05) is 25.0 Å². The van der Waals surface area contributed by atoms with E-state index in [4.69, 9.17) is 14.7 Å². The number of piperidine rings is 1. The lowest BCUT2D eigenvalue weighted by molar-refractivity contribution is -0.142. The highest BCUT2D eigenvalue weighted by Gasteiger charge is 2.33. The second kappa shape index (κ2) is 9.44. The predicted octanol–water partition coefficient (Wildman–Crippen LogP) is 4.17. The van der Waals surface area contributed by atoms with E-state index in [9.17, 15) is 4.79 Å². The van der Waals surface area contributed by atoms with E-state index in [0.717, 1.165) is 60.8 Å². The summed E-state index contributed by atoms with van der Waals surface area (Å²) in [7, 11) is 0. The molecule has 0 aliphatic carbocycles. The number of anilines is 2. The molecule has 0 spiro atoms. The van der Waals surface area contributed by atoms with E-state index in [0.29, 0.717) is 13.2 Å². The first-order chi connectivity index (χ1) is 15.8. The number of benzene rings is 1. The zero-order valence-electron chi connectivity index (χ0n) is 18.0. The summed E-state index contributed by atoms with van der Waals surface area (Å²) >= 11 is 0. The minimum absolute atomic E-state index is 0.0900. The fraction of sp³-hybridized carbons (Fsp3) is 0.360. The molecule has 1 amide bonds. The summed E-state index contributed by atoms with van der Waals surface area (Å²) in [6, 6.07) is 15.9. The van der Waals surface area contributed by atoms with Gasteiger partial charge in [-0.2, -0.15) is 0 Å². The van der Waals surface area contributed by atoms with Gasteiger partial charge in [-0.05, 0) is 49.9 Å². The fourth-order valence-corrected chi connectivity index (χ4v) is 4.42. The van der Waals surface area contributed by atoms with Crippen molar-refractivity contribution in [1.82, 2.24) is 19.9 Å². The number of nitrogens with zero attached hydrogens (tertiary/aromatic N) is 4. The van der Waals surface area contributed by atoms with E-state index in [1.165, 1.54) is 0 Å². The summed E-state index contributed by atoms with van der Waals surface area (Å²) in [6.45, 7) is 2.08. The molecule has 7 nitrogen and oxygen atoms in total. The summed E-state index contributed by atoms with van der Waals surface area (Å²) in [6.07, 6.45) is 6.92. The fourth-order valence-electron chi connectivity index (χ4n) is 4.42. The van der Waals surface area contributed by atoms with Crippen molar-refractivity contribution >= 4 is 17.4 Å². The van der Waals surface area contributed by atoms with E-state index in [1.54, 1.807) is 12.4 Å². The number of hydrogen-bond acceptors (Lipinski definition) is 6. The zero-order valence-corrected chi connectivity index (χ0v) is 18.0. The van der Waals surface area contributed by atoms with Crippen LogP contribution in [0.15, 0.2) is 60.9 Å². The molecule has 3 aromatic rings. The molecule has 5 rings (SSSR count). The van der Waals surface area contributed by atoms with Crippen molar-refractivity contribution in [2.45, 2.75) is 37.7 Å². The summed E-state index contributed by atoms with van der Waals surface area (Å²) < 4.78 is 5.63. The maximum atomic E-state index is 12.9. The molecule has 2 aliphatic rings. The maximum Gasteiger partial charge on any atom is 0.251 e. The first kappa shape index (κ1) is 20.6. The molecule has 0 radical (unpaired) electrons. The minimum atomic E-state index is -0.284. The molecule has 2 saturated heterocycles. The lowest BCUT2D eigenvalue weighted by Crippen LogP contribution is -2.44. The van der Waals surface area contributed by atoms with E-state index in [2.05, 4.69) is 10.3 Å². The van der Waals surface area contributed by atoms with Gasteiger partial charge in [-0.25, -0.2) is 9.97 Å². The van der Waals surface area contributed by atoms with Crippen molar-refractivity contribution in [3.63, 3.8) is 0 Å². The highest BCUT2D eigenvalue weighted by atomic mass is 16.5. The lowest BCUT2D eigenvalue weighted by Gasteiger charge is -2.33. The molecule has 0 bridgehead atoms.